The second kappa shape index (κ2) is 6.15. The number of rotatable bonds is 4. The summed E-state index contributed by atoms with van der Waals surface area (Å²) in [5.41, 5.74) is 4.13. The second-order valence-corrected chi connectivity index (χ2v) is 6.21. The van der Waals surface area contributed by atoms with Crippen LogP contribution in [0.5, 0.6) is 5.75 Å². The first-order valence-electron chi connectivity index (χ1n) is 8.16. The third kappa shape index (κ3) is 2.65. The molecule has 0 atom stereocenters. The van der Waals surface area contributed by atoms with Crippen molar-refractivity contribution in [2.75, 3.05) is 7.05 Å². The first-order chi connectivity index (χ1) is 11.1. The first-order valence-corrected chi connectivity index (χ1v) is 8.16. The minimum atomic E-state index is -0.218. The van der Waals surface area contributed by atoms with E-state index in [1.807, 2.05) is 31.3 Å². The molecule has 1 aliphatic carbocycles. The van der Waals surface area contributed by atoms with Crippen LogP contribution in [-0.2, 0) is 11.8 Å². The van der Waals surface area contributed by atoms with Gasteiger partial charge in [0.2, 0.25) is 0 Å². The van der Waals surface area contributed by atoms with Gasteiger partial charge in [-0.2, -0.15) is 0 Å². The predicted octanol–water partition coefficient (Wildman–Crippen LogP) is 4.63. The summed E-state index contributed by atoms with van der Waals surface area (Å²) in [5.74, 6) is 0.0387. The Morgan fingerprint density at radius 3 is 2.39 bits per heavy atom. The molecular weight excluding hydrogens is 289 g/mol. The van der Waals surface area contributed by atoms with Crippen molar-refractivity contribution in [1.82, 2.24) is 0 Å². The zero-order chi connectivity index (χ0) is 16.4. The zero-order valence-electron chi connectivity index (χ0n) is 13.6. The lowest BCUT2D eigenvalue weighted by molar-refractivity contribution is 0.340. The van der Waals surface area contributed by atoms with Gasteiger partial charge in [0.15, 0.2) is 0 Å². The molecule has 0 saturated heterocycles. The van der Waals surface area contributed by atoms with Crippen molar-refractivity contribution in [2.24, 2.45) is 4.99 Å². The molecule has 0 aliphatic heterocycles. The zero-order valence-corrected chi connectivity index (χ0v) is 13.6. The lowest BCUT2D eigenvalue weighted by Gasteiger charge is -2.44. The van der Waals surface area contributed by atoms with Crippen LogP contribution in [0.25, 0.3) is 0 Å². The predicted molar refractivity (Wildman–Crippen MR) is 91.9 cm³/mol. The maximum atomic E-state index is 13.3. The molecule has 0 heterocycles. The highest BCUT2D eigenvalue weighted by molar-refractivity contribution is 6.10. The van der Waals surface area contributed by atoms with E-state index in [4.69, 9.17) is 0 Å². The van der Waals surface area contributed by atoms with Crippen molar-refractivity contribution < 1.29 is 9.50 Å². The molecule has 120 valence electrons. The van der Waals surface area contributed by atoms with E-state index >= 15 is 0 Å². The van der Waals surface area contributed by atoms with Gasteiger partial charge in [-0.1, -0.05) is 31.5 Å². The van der Waals surface area contributed by atoms with E-state index in [2.05, 4.69) is 11.9 Å². The Morgan fingerprint density at radius 1 is 1.17 bits per heavy atom. The Morgan fingerprint density at radius 2 is 1.87 bits per heavy atom. The quantitative estimate of drug-likeness (QED) is 0.820. The van der Waals surface area contributed by atoms with E-state index in [1.165, 1.54) is 17.7 Å². The van der Waals surface area contributed by atoms with Crippen LogP contribution in [0.2, 0.25) is 0 Å². The molecule has 3 heteroatoms. The molecule has 1 fully saturated rings. The van der Waals surface area contributed by atoms with Crippen LogP contribution in [0.4, 0.5) is 4.39 Å². The number of phenolic OH excluding ortho intramolecular Hbond substituents is 1. The van der Waals surface area contributed by atoms with Gasteiger partial charge in [0.05, 0.1) is 5.71 Å². The van der Waals surface area contributed by atoms with Crippen LogP contribution < -0.4 is 0 Å². The smallest absolute Gasteiger partial charge is 0.123 e. The van der Waals surface area contributed by atoms with Gasteiger partial charge >= 0.3 is 0 Å². The minimum Gasteiger partial charge on any atom is -0.508 e. The van der Waals surface area contributed by atoms with Crippen LogP contribution in [0, 0.1) is 5.82 Å². The van der Waals surface area contributed by atoms with Crippen molar-refractivity contribution in [3.63, 3.8) is 0 Å². The summed E-state index contributed by atoms with van der Waals surface area (Å²) in [7, 11) is 1.81. The van der Waals surface area contributed by atoms with Gasteiger partial charge in [-0.3, -0.25) is 4.99 Å². The van der Waals surface area contributed by atoms with Crippen LogP contribution in [0.3, 0.4) is 0 Å². The molecule has 0 spiro atoms. The van der Waals surface area contributed by atoms with Gasteiger partial charge in [-0.15, -0.1) is 0 Å². The van der Waals surface area contributed by atoms with E-state index in [0.29, 0.717) is 0 Å². The summed E-state index contributed by atoms with van der Waals surface area (Å²) in [4.78, 5) is 4.61. The normalized spacial score (nSPS) is 16.9. The lowest BCUT2D eigenvalue weighted by atomic mass is 9.60. The topological polar surface area (TPSA) is 32.6 Å². The van der Waals surface area contributed by atoms with Gasteiger partial charge in [-0.05, 0) is 54.7 Å². The third-order valence-corrected chi connectivity index (χ3v) is 5.01. The van der Waals surface area contributed by atoms with Crippen molar-refractivity contribution >= 4 is 5.71 Å². The highest BCUT2D eigenvalue weighted by Gasteiger charge is 2.44. The summed E-state index contributed by atoms with van der Waals surface area (Å²) in [6, 6.07) is 12.3. The maximum absolute atomic E-state index is 13.3. The number of halogens is 1. The van der Waals surface area contributed by atoms with E-state index in [9.17, 15) is 9.50 Å². The Hall–Kier alpha value is -2.16. The number of hydrogen-bond acceptors (Lipinski definition) is 2. The molecule has 1 N–H and O–H groups in total. The van der Waals surface area contributed by atoms with Crippen LogP contribution in [0.15, 0.2) is 47.5 Å². The van der Waals surface area contributed by atoms with Crippen LogP contribution in [-0.4, -0.2) is 17.9 Å². The fourth-order valence-electron chi connectivity index (χ4n) is 3.65. The van der Waals surface area contributed by atoms with E-state index in [-0.39, 0.29) is 17.0 Å². The van der Waals surface area contributed by atoms with Crippen molar-refractivity contribution in [2.45, 2.75) is 38.0 Å². The van der Waals surface area contributed by atoms with Crippen molar-refractivity contribution in [1.29, 1.82) is 0 Å². The fraction of sp³-hybridized carbons (Fsp3) is 0.350. The average Bonchev–Trinajstić information content (AvgIpc) is 2.52. The molecule has 0 radical (unpaired) electrons. The Balaban J connectivity index is 2.13. The van der Waals surface area contributed by atoms with Crippen molar-refractivity contribution in [3.8, 4) is 5.75 Å². The molecule has 0 amide bonds. The number of phenols is 1. The number of nitrogens with zero attached hydrogens (tertiary/aromatic N) is 1. The van der Waals surface area contributed by atoms with E-state index in [1.54, 1.807) is 6.07 Å². The number of aliphatic imine (C=N–C) groups is 1. The first kappa shape index (κ1) is 15.7. The highest BCUT2D eigenvalue weighted by atomic mass is 19.1. The molecule has 0 aromatic heterocycles. The Labute approximate surface area is 136 Å². The SMILES string of the molecule is CCc1ccc(O)cc1/C(=N\C)C1(c2ccc(F)cc2)CCC1. The van der Waals surface area contributed by atoms with Gasteiger partial charge in [0.1, 0.15) is 11.6 Å². The van der Waals surface area contributed by atoms with Crippen LogP contribution in [0.1, 0.15) is 42.9 Å². The number of benzene rings is 2. The van der Waals surface area contributed by atoms with Crippen molar-refractivity contribution in [3.05, 3.63) is 65.0 Å². The van der Waals surface area contributed by atoms with E-state index in [0.717, 1.165) is 42.5 Å². The largest absolute Gasteiger partial charge is 0.508 e. The summed E-state index contributed by atoms with van der Waals surface area (Å²) >= 11 is 0. The molecule has 0 bridgehead atoms. The third-order valence-electron chi connectivity index (χ3n) is 5.01. The maximum Gasteiger partial charge on any atom is 0.123 e. The Bertz CT molecular complexity index is 730. The summed E-state index contributed by atoms with van der Waals surface area (Å²) < 4.78 is 13.3. The number of hydrogen-bond donors (Lipinski definition) is 1. The molecule has 2 nitrogen and oxygen atoms in total. The Kier molecular flexibility index (Phi) is 4.20. The molecule has 2 aromatic carbocycles. The van der Waals surface area contributed by atoms with Gasteiger partial charge in [0, 0.05) is 18.0 Å². The standard InChI is InChI=1S/C20H22FNO/c1-3-14-5-10-17(23)13-18(14)19(22-2)20(11-4-12-20)15-6-8-16(21)9-7-15/h5-10,13,23H,3-4,11-12H2,1-2H3/b22-19+. The molecule has 23 heavy (non-hydrogen) atoms. The molecule has 2 aromatic rings. The summed E-state index contributed by atoms with van der Waals surface area (Å²) in [6.07, 6.45) is 4.03. The monoisotopic (exact) mass is 311 g/mol. The number of aryl methyl sites for hydroxylation is 1. The lowest BCUT2D eigenvalue weighted by Crippen LogP contribution is -2.43. The van der Waals surface area contributed by atoms with Crippen LogP contribution >= 0.6 is 0 Å². The average molecular weight is 311 g/mol. The second-order valence-electron chi connectivity index (χ2n) is 6.21. The fourth-order valence-corrected chi connectivity index (χ4v) is 3.65. The molecule has 0 unspecified atom stereocenters. The molecule has 1 saturated carbocycles. The highest BCUT2D eigenvalue weighted by Crippen LogP contribution is 2.47. The molecular formula is C20H22FNO. The molecule has 1 aliphatic rings. The van der Waals surface area contributed by atoms with Gasteiger partial charge < -0.3 is 5.11 Å². The summed E-state index contributed by atoms with van der Waals surface area (Å²) in [5, 5.41) is 9.94. The summed E-state index contributed by atoms with van der Waals surface area (Å²) in [6.45, 7) is 2.11. The van der Waals surface area contributed by atoms with E-state index < -0.39 is 0 Å². The van der Waals surface area contributed by atoms with Gasteiger partial charge in [0.25, 0.3) is 0 Å². The minimum absolute atomic E-state index is 0.167. The number of aromatic hydroxyl groups is 1. The molecule has 3 rings (SSSR count). The van der Waals surface area contributed by atoms with Gasteiger partial charge in [-0.25, -0.2) is 4.39 Å².